The van der Waals surface area contributed by atoms with Crippen LogP contribution in [0.25, 0.3) is 0 Å². The second kappa shape index (κ2) is 26.0. The summed E-state index contributed by atoms with van der Waals surface area (Å²) in [5.74, 6) is -0.0433. The van der Waals surface area contributed by atoms with Crippen LogP contribution in [0.3, 0.4) is 0 Å². The maximum atomic E-state index is 12.3. The van der Waals surface area contributed by atoms with E-state index in [-0.39, 0.29) is 24.1 Å². The lowest BCUT2D eigenvalue weighted by Gasteiger charge is -2.22. The fourth-order valence-corrected chi connectivity index (χ4v) is 5.52. The van der Waals surface area contributed by atoms with Crippen LogP contribution in [-0.4, -0.2) is 55.2 Å². The summed E-state index contributed by atoms with van der Waals surface area (Å²) in [6.45, 7) is 9.19. The summed E-state index contributed by atoms with van der Waals surface area (Å²) in [6.07, 6.45) is 27.3. The van der Waals surface area contributed by atoms with E-state index in [1.807, 2.05) is 6.92 Å². The van der Waals surface area contributed by atoms with Gasteiger partial charge in [-0.1, -0.05) is 122 Å². The van der Waals surface area contributed by atoms with Crippen molar-refractivity contribution in [3.8, 4) is 0 Å². The van der Waals surface area contributed by atoms with Crippen molar-refractivity contribution < 1.29 is 9.90 Å². The number of unbranched alkanes of at least 4 members (excludes halogenated alkanes) is 17. The van der Waals surface area contributed by atoms with Crippen LogP contribution in [0.2, 0.25) is 0 Å². The standard InChI is InChI=1S/C33H66N4O2/c1-4-5-6-7-8-9-10-11-12-13-14-15-16-17-18-19-20-21-23-31(38)28-37-30(3)35-27-24-32-29(2)34-25-22-26-36-33(32)39/h30-32,35,37-38H,4-28H2,1-3H3,(H,36,39)/b34-29-. The van der Waals surface area contributed by atoms with Crippen molar-refractivity contribution in [3.63, 3.8) is 0 Å². The average Bonchev–Trinajstić information content (AvgIpc) is 2.92. The Bertz CT molecular complexity index is 598. The highest BCUT2D eigenvalue weighted by Crippen LogP contribution is 2.15. The van der Waals surface area contributed by atoms with Crippen molar-refractivity contribution in [1.82, 2.24) is 16.0 Å². The molecule has 0 spiro atoms. The summed E-state index contributed by atoms with van der Waals surface area (Å²) in [7, 11) is 0. The molecule has 6 nitrogen and oxygen atoms in total. The molecule has 1 aliphatic heterocycles. The first-order valence-corrected chi connectivity index (χ1v) is 17.0. The number of aliphatic hydroxyl groups is 1. The van der Waals surface area contributed by atoms with E-state index in [0.717, 1.165) is 51.0 Å². The largest absolute Gasteiger partial charge is 0.392 e. The minimum Gasteiger partial charge on any atom is -0.392 e. The first-order chi connectivity index (χ1) is 19.0. The van der Waals surface area contributed by atoms with Gasteiger partial charge in [-0.25, -0.2) is 0 Å². The van der Waals surface area contributed by atoms with E-state index in [4.69, 9.17) is 0 Å². The predicted molar refractivity (Wildman–Crippen MR) is 169 cm³/mol. The van der Waals surface area contributed by atoms with E-state index in [0.29, 0.717) is 6.54 Å². The van der Waals surface area contributed by atoms with Gasteiger partial charge in [-0.05, 0) is 39.7 Å². The molecule has 1 aliphatic rings. The van der Waals surface area contributed by atoms with Crippen molar-refractivity contribution in [1.29, 1.82) is 0 Å². The number of nitrogens with one attached hydrogen (secondary N) is 3. The minimum absolute atomic E-state index is 0.0955. The summed E-state index contributed by atoms with van der Waals surface area (Å²) in [5, 5.41) is 20.1. The van der Waals surface area contributed by atoms with E-state index in [1.54, 1.807) is 0 Å². The third kappa shape index (κ3) is 21.4. The third-order valence-corrected chi connectivity index (χ3v) is 8.25. The summed E-state index contributed by atoms with van der Waals surface area (Å²) in [4.78, 5) is 16.8. The van der Waals surface area contributed by atoms with Crippen LogP contribution < -0.4 is 16.0 Å². The molecule has 1 heterocycles. The van der Waals surface area contributed by atoms with Crippen molar-refractivity contribution in [2.24, 2.45) is 10.9 Å². The zero-order valence-corrected chi connectivity index (χ0v) is 26.2. The van der Waals surface area contributed by atoms with E-state index in [1.165, 1.54) is 109 Å². The van der Waals surface area contributed by atoms with Gasteiger partial charge in [0.1, 0.15) is 0 Å². The number of hydrogen-bond donors (Lipinski definition) is 4. The Morgan fingerprint density at radius 2 is 1.36 bits per heavy atom. The maximum Gasteiger partial charge on any atom is 0.228 e. The molecule has 0 aromatic heterocycles. The molecule has 0 fully saturated rings. The van der Waals surface area contributed by atoms with Crippen LogP contribution in [0.15, 0.2) is 4.99 Å². The van der Waals surface area contributed by atoms with Crippen molar-refractivity contribution in [2.75, 3.05) is 26.2 Å². The van der Waals surface area contributed by atoms with Crippen LogP contribution in [-0.2, 0) is 4.79 Å². The van der Waals surface area contributed by atoms with Gasteiger partial charge >= 0.3 is 0 Å². The maximum absolute atomic E-state index is 12.3. The van der Waals surface area contributed by atoms with Crippen LogP contribution in [0, 0.1) is 5.92 Å². The van der Waals surface area contributed by atoms with Crippen molar-refractivity contribution in [3.05, 3.63) is 0 Å². The number of hydrogen-bond acceptors (Lipinski definition) is 5. The van der Waals surface area contributed by atoms with Gasteiger partial charge in [0.15, 0.2) is 0 Å². The first kappa shape index (κ1) is 36.0. The van der Waals surface area contributed by atoms with Gasteiger partial charge < -0.3 is 15.7 Å². The summed E-state index contributed by atoms with van der Waals surface area (Å²) in [6, 6.07) is 0. The fourth-order valence-electron chi connectivity index (χ4n) is 5.52. The molecule has 0 bridgehead atoms. The van der Waals surface area contributed by atoms with E-state index >= 15 is 0 Å². The molecule has 0 aliphatic carbocycles. The Balaban J connectivity index is 1.86. The molecule has 230 valence electrons. The summed E-state index contributed by atoms with van der Waals surface area (Å²) >= 11 is 0. The number of nitrogens with zero attached hydrogens (tertiary/aromatic N) is 1. The highest BCUT2D eigenvalue weighted by Gasteiger charge is 2.22. The number of carbonyl (C=O) groups is 1. The smallest absolute Gasteiger partial charge is 0.228 e. The topological polar surface area (TPSA) is 85.8 Å². The Morgan fingerprint density at radius 1 is 0.846 bits per heavy atom. The Kier molecular flexibility index (Phi) is 24.0. The molecular formula is C33H66N4O2. The third-order valence-electron chi connectivity index (χ3n) is 8.25. The predicted octanol–water partition coefficient (Wildman–Crippen LogP) is 7.29. The first-order valence-electron chi connectivity index (χ1n) is 17.0. The Morgan fingerprint density at radius 3 is 1.90 bits per heavy atom. The molecule has 1 rings (SSSR count). The molecule has 4 N–H and O–H groups in total. The highest BCUT2D eigenvalue weighted by molar-refractivity contribution is 6.03. The second-order valence-corrected chi connectivity index (χ2v) is 12.0. The molecular weight excluding hydrogens is 484 g/mol. The number of aliphatic hydroxyl groups excluding tert-OH is 1. The normalized spacial score (nSPS) is 19.1. The van der Waals surface area contributed by atoms with Crippen LogP contribution in [0.5, 0.6) is 0 Å². The highest BCUT2D eigenvalue weighted by atomic mass is 16.3. The molecule has 0 saturated heterocycles. The van der Waals surface area contributed by atoms with Crippen LogP contribution in [0.4, 0.5) is 0 Å². The molecule has 0 radical (unpaired) electrons. The van der Waals surface area contributed by atoms with Gasteiger partial charge in [-0.15, -0.1) is 0 Å². The summed E-state index contributed by atoms with van der Waals surface area (Å²) in [5.41, 5.74) is 0.939. The van der Waals surface area contributed by atoms with Gasteiger partial charge in [0.2, 0.25) is 5.91 Å². The lowest BCUT2D eigenvalue weighted by atomic mass is 9.98. The van der Waals surface area contributed by atoms with Gasteiger partial charge in [-0.2, -0.15) is 0 Å². The van der Waals surface area contributed by atoms with Crippen LogP contribution in [0.1, 0.15) is 156 Å². The monoisotopic (exact) mass is 551 g/mol. The van der Waals surface area contributed by atoms with E-state index in [9.17, 15) is 9.90 Å². The zero-order valence-electron chi connectivity index (χ0n) is 26.2. The lowest BCUT2D eigenvalue weighted by molar-refractivity contribution is -0.123. The van der Waals surface area contributed by atoms with E-state index in [2.05, 4.69) is 34.8 Å². The molecule has 0 aromatic carbocycles. The Labute approximate surface area is 242 Å². The SMILES string of the molecule is CCCCCCCCCCCCCCCCCCCCC(O)CNC(C)NCCC1C(=O)NCCC/N=C\1C. The quantitative estimate of drug-likeness (QED) is 0.0673. The van der Waals surface area contributed by atoms with E-state index < -0.39 is 0 Å². The van der Waals surface area contributed by atoms with Crippen LogP contribution >= 0.6 is 0 Å². The number of carbonyl (C=O) groups excluding carboxylic acids is 1. The zero-order chi connectivity index (χ0) is 28.4. The molecule has 0 saturated carbocycles. The molecule has 39 heavy (non-hydrogen) atoms. The lowest BCUT2D eigenvalue weighted by Crippen LogP contribution is -2.45. The molecule has 3 unspecified atom stereocenters. The molecule has 6 heteroatoms. The van der Waals surface area contributed by atoms with Gasteiger partial charge in [0.25, 0.3) is 0 Å². The van der Waals surface area contributed by atoms with Gasteiger partial charge in [-0.3, -0.25) is 15.1 Å². The summed E-state index contributed by atoms with van der Waals surface area (Å²) < 4.78 is 0. The number of rotatable bonds is 26. The molecule has 0 aromatic rings. The number of aliphatic imine (C=N–C) groups is 1. The average molecular weight is 551 g/mol. The fraction of sp³-hybridized carbons (Fsp3) is 0.939. The molecule has 3 atom stereocenters. The van der Waals surface area contributed by atoms with Gasteiger partial charge in [0.05, 0.1) is 18.2 Å². The number of amides is 1. The second-order valence-electron chi connectivity index (χ2n) is 12.0. The van der Waals surface area contributed by atoms with Gasteiger partial charge in [0, 0.05) is 25.3 Å². The Hall–Kier alpha value is -0.980. The minimum atomic E-state index is -0.291. The molecule has 1 amide bonds. The van der Waals surface area contributed by atoms with Crippen molar-refractivity contribution in [2.45, 2.75) is 168 Å². The van der Waals surface area contributed by atoms with Crippen molar-refractivity contribution >= 4 is 11.6 Å².